The number of hydrogen-bond donors (Lipinski definition) is 1. The Morgan fingerprint density at radius 3 is 2.50 bits per heavy atom. The number of rotatable bonds is 7. The van der Waals surface area contributed by atoms with Gasteiger partial charge in [-0.2, -0.15) is 5.10 Å². The Labute approximate surface area is 111 Å². The van der Waals surface area contributed by atoms with Gasteiger partial charge in [-0.15, -0.1) is 0 Å². The zero-order chi connectivity index (χ0) is 13.7. The van der Waals surface area contributed by atoms with Crippen LogP contribution in [0.1, 0.15) is 51.3 Å². The van der Waals surface area contributed by atoms with Gasteiger partial charge in [-0.05, 0) is 27.2 Å². The van der Waals surface area contributed by atoms with E-state index in [1.807, 2.05) is 18.7 Å². The molecule has 1 N–H and O–H groups in total. The maximum Gasteiger partial charge on any atom is 0.132 e. The van der Waals surface area contributed by atoms with Gasteiger partial charge in [-0.3, -0.25) is 4.68 Å². The summed E-state index contributed by atoms with van der Waals surface area (Å²) in [5.41, 5.74) is 1.89. The third kappa shape index (κ3) is 3.25. The molecule has 0 unspecified atom stereocenters. The Balaban J connectivity index is 2.98. The first-order valence-electron chi connectivity index (χ1n) is 6.92. The topological polar surface area (TPSA) is 41.3 Å². The number of aliphatic hydroxyl groups excluding tert-OH is 1. The number of aryl methyl sites for hydroxylation is 2. The van der Waals surface area contributed by atoms with Crippen molar-refractivity contribution < 1.29 is 5.11 Å². The molecule has 0 spiro atoms. The average molecular weight is 253 g/mol. The monoisotopic (exact) mass is 253 g/mol. The number of hydrogen-bond acceptors (Lipinski definition) is 3. The molecule has 0 amide bonds. The number of anilines is 1. The summed E-state index contributed by atoms with van der Waals surface area (Å²) in [5, 5.41) is 14.0. The Hall–Kier alpha value is -1.03. The number of aliphatic hydroxyl groups is 1. The van der Waals surface area contributed by atoms with Crippen molar-refractivity contribution in [3.8, 4) is 0 Å². The Morgan fingerprint density at radius 1 is 1.33 bits per heavy atom. The minimum atomic E-state index is 0.0615. The second-order valence-electron chi connectivity index (χ2n) is 5.16. The van der Waals surface area contributed by atoms with Gasteiger partial charge in [-0.1, -0.05) is 19.8 Å². The van der Waals surface area contributed by atoms with Gasteiger partial charge >= 0.3 is 0 Å². The van der Waals surface area contributed by atoms with Crippen molar-refractivity contribution in [3.63, 3.8) is 0 Å². The van der Waals surface area contributed by atoms with Crippen molar-refractivity contribution >= 4 is 5.82 Å². The van der Waals surface area contributed by atoms with E-state index in [4.69, 9.17) is 0 Å². The molecule has 0 saturated heterocycles. The fourth-order valence-corrected chi connectivity index (χ4v) is 2.38. The molecule has 104 valence electrons. The van der Waals surface area contributed by atoms with E-state index in [1.54, 1.807) is 0 Å². The van der Waals surface area contributed by atoms with E-state index in [0.29, 0.717) is 6.04 Å². The van der Waals surface area contributed by atoms with Gasteiger partial charge in [0.1, 0.15) is 5.82 Å². The van der Waals surface area contributed by atoms with Crippen LogP contribution in [0, 0.1) is 6.92 Å². The summed E-state index contributed by atoms with van der Waals surface area (Å²) in [7, 11) is 1.96. The number of unbranched alkanes of at least 4 members (excludes halogenated alkanes) is 2. The van der Waals surface area contributed by atoms with Crippen molar-refractivity contribution in [1.29, 1.82) is 0 Å². The average Bonchev–Trinajstić information content (AvgIpc) is 2.59. The summed E-state index contributed by atoms with van der Waals surface area (Å²) in [6.45, 7) is 9.64. The standard InChI is InChI=1S/C14H27N3O/c1-6-7-8-9-17(11(2)3)14-13(10-18)12(4)15-16(14)5/h11,18H,6-10H2,1-5H3. The second-order valence-corrected chi connectivity index (χ2v) is 5.16. The van der Waals surface area contributed by atoms with Crippen molar-refractivity contribution in [2.45, 2.75) is 59.6 Å². The molecule has 0 fully saturated rings. The minimum absolute atomic E-state index is 0.0615. The molecule has 0 aliphatic heterocycles. The highest BCUT2D eigenvalue weighted by molar-refractivity contribution is 5.50. The summed E-state index contributed by atoms with van der Waals surface area (Å²) in [6.07, 6.45) is 3.65. The molecule has 0 saturated carbocycles. The molecule has 0 atom stereocenters. The van der Waals surface area contributed by atoms with E-state index in [2.05, 4.69) is 30.8 Å². The van der Waals surface area contributed by atoms with Crippen LogP contribution in [0.2, 0.25) is 0 Å². The molecule has 0 aliphatic rings. The molecule has 18 heavy (non-hydrogen) atoms. The van der Waals surface area contributed by atoms with Crippen LogP contribution in [0.15, 0.2) is 0 Å². The van der Waals surface area contributed by atoms with Crippen molar-refractivity contribution in [2.24, 2.45) is 7.05 Å². The molecular weight excluding hydrogens is 226 g/mol. The van der Waals surface area contributed by atoms with Crippen LogP contribution in [-0.4, -0.2) is 27.5 Å². The third-order valence-electron chi connectivity index (χ3n) is 3.37. The highest BCUT2D eigenvalue weighted by Crippen LogP contribution is 2.25. The van der Waals surface area contributed by atoms with E-state index < -0.39 is 0 Å². The molecule has 0 aromatic carbocycles. The van der Waals surface area contributed by atoms with E-state index in [9.17, 15) is 5.11 Å². The summed E-state index contributed by atoms with van der Waals surface area (Å²) in [5.74, 6) is 1.07. The van der Waals surface area contributed by atoms with Crippen LogP contribution in [-0.2, 0) is 13.7 Å². The fourth-order valence-electron chi connectivity index (χ4n) is 2.38. The van der Waals surface area contributed by atoms with Crippen LogP contribution in [0.5, 0.6) is 0 Å². The van der Waals surface area contributed by atoms with E-state index in [-0.39, 0.29) is 6.61 Å². The predicted molar refractivity (Wildman–Crippen MR) is 75.9 cm³/mol. The van der Waals surface area contributed by atoms with Crippen LogP contribution in [0.3, 0.4) is 0 Å². The highest BCUT2D eigenvalue weighted by atomic mass is 16.3. The maximum absolute atomic E-state index is 9.53. The van der Waals surface area contributed by atoms with Gasteiger partial charge in [0, 0.05) is 25.2 Å². The first kappa shape index (κ1) is 15.0. The predicted octanol–water partition coefficient (Wildman–Crippen LogP) is 2.63. The van der Waals surface area contributed by atoms with Gasteiger partial charge in [0.15, 0.2) is 0 Å². The van der Waals surface area contributed by atoms with Crippen LogP contribution < -0.4 is 4.90 Å². The lowest BCUT2D eigenvalue weighted by atomic mass is 10.2. The zero-order valence-corrected chi connectivity index (χ0v) is 12.4. The molecule has 1 aromatic heterocycles. The van der Waals surface area contributed by atoms with Crippen LogP contribution in [0.4, 0.5) is 5.82 Å². The summed E-state index contributed by atoms with van der Waals surface area (Å²) in [6, 6.07) is 0.418. The highest BCUT2D eigenvalue weighted by Gasteiger charge is 2.20. The third-order valence-corrected chi connectivity index (χ3v) is 3.37. The van der Waals surface area contributed by atoms with Gasteiger partial charge in [0.05, 0.1) is 12.3 Å². The molecule has 1 heterocycles. The summed E-state index contributed by atoms with van der Waals surface area (Å²) < 4.78 is 1.90. The SMILES string of the molecule is CCCCCN(c1c(CO)c(C)nn1C)C(C)C. The second kappa shape index (κ2) is 6.78. The van der Waals surface area contributed by atoms with Crippen molar-refractivity contribution in [3.05, 3.63) is 11.3 Å². The van der Waals surface area contributed by atoms with Gasteiger partial charge < -0.3 is 10.0 Å². The first-order chi connectivity index (χ1) is 8.52. The van der Waals surface area contributed by atoms with Crippen LogP contribution in [0.25, 0.3) is 0 Å². The number of aromatic nitrogens is 2. The van der Waals surface area contributed by atoms with Gasteiger partial charge in [0.25, 0.3) is 0 Å². The molecule has 4 heteroatoms. The summed E-state index contributed by atoms with van der Waals surface area (Å²) >= 11 is 0. The van der Waals surface area contributed by atoms with Crippen molar-refractivity contribution in [2.75, 3.05) is 11.4 Å². The maximum atomic E-state index is 9.53. The molecule has 1 rings (SSSR count). The van der Waals surface area contributed by atoms with Gasteiger partial charge in [-0.25, -0.2) is 0 Å². The Morgan fingerprint density at radius 2 is 2.00 bits per heavy atom. The lowest BCUT2D eigenvalue weighted by molar-refractivity contribution is 0.281. The Kier molecular flexibility index (Phi) is 5.66. The van der Waals surface area contributed by atoms with E-state index in [0.717, 1.165) is 23.6 Å². The molecule has 4 nitrogen and oxygen atoms in total. The smallest absolute Gasteiger partial charge is 0.132 e. The summed E-state index contributed by atoms with van der Waals surface area (Å²) in [4.78, 5) is 2.35. The minimum Gasteiger partial charge on any atom is -0.391 e. The van der Waals surface area contributed by atoms with Gasteiger partial charge in [0.2, 0.25) is 0 Å². The van der Waals surface area contributed by atoms with Crippen LogP contribution >= 0.6 is 0 Å². The molecule has 1 aromatic rings. The molecule has 0 bridgehead atoms. The largest absolute Gasteiger partial charge is 0.391 e. The van der Waals surface area contributed by atoms with E-state index in [1.165, 1.54) is 19.3 Å². The quantitative estimate of drug-likeness (QED) is 0.759. The fraction of sp³-hybridized carbons (Fsp3) is 0.786. The molecular formula is C14H27N3O. The molecule has 0 aliphatic carbocycles. The van der Waals surface area contributed by atoms with E-state index >= 15 is 0 Å². The molecule has 0 radical (unpaired) electrons. The van der Waals surface area contributed by atoms with Crippen molar-refractivity contribution in [1.82, 2.24) is 9.78 Å². The first-order valence-corrected chi connectivity index (χ1v) is 6.92. The lowest BCUT2D eigenvalue weighted by Gasteiger charge is -2.29. The number of nitrogens with zero attached hydrogens (tertiary/aromatic N) is 3. The normalized spacial score (nSPS) is 11.3. The Bertz CT molecular complexity index is 371. The zero-order valence-electron chi connectivity index (χ0n) is 12.4. The lowest BCUT2D eigenvalue weighted by Crippen LogP contribution is -2.34.